The van der Waals surface area contributed by atoms with E-state index in [1.807, 2.05) is 0 Å². The maximum atomic E-state index is 13.9. The molecule has 0 aliphatic rings. The number of sulfone groups is 2. The Hall–Kier alpha value is -4.34. The van der Waals surface area contributed by atoms with Gasteiger partial charge in [0.25, 0.3) is 19.7 Å². The molecule has 0 unspecified atom stereocenters. The predicted octanol–water partition coefficient (Wildman–Crippen LogP) is 11.0. The number of alkyl halides is 12. The van der Waals surface area contributed by atoms with Crippen molar-refractivity contribution in [2.24, 2.45) is 0 Å². The standard InChI is InChI=1S/C34H26Cl4F12N8O4S2/c1-55(29-27(63(59,60)33(45,46)47)23(15-51)53-57(29)25-19(35)11-17(12-20(25)36)31(39,40)41)9-7-5-3-4-6-8-10-56(2)30-28(64(61,62)34(48,49)50)24(16-52)54-58(30)26-21(37)13-18(14-22(26)38)32(42,43)44/h11-14H,3-10H2,1-2H3. The summed E-state index contributed by atoms with van der Waals surface area (Å²) in [6.07, 6.45) is -8.58. The smallest absolute Gasteiger partial charge is 0.358 e. The molecule has 2 aromatic carbocycles. The number of anilines is 2. The second kappa shape index (κ2) is 18.9. The Balaban J connectivity index is 1.55. The zero-order valence-corrected chi connectivity index (χ0v) is 36.7. The van der Waals surface area contributed by atoms with Crippen LogP contribution in [0.5, 0.6) is 0 Å². The molecule has 0 N–H and O–H groups in total. The van der Waals surface area contributed by atoms with Gasteiger partial charge in [-0.15, -0.1) is 0 Å². The van der Waals surface area contributed by atoms with Gasteiger partial charge in [0.15, 0.2) is 32.8 Å². The van der Waals surface area contributed by atoms with Crippen LogP contribution < -0.4 is 9.80 Å². The topological polar surface area (TPSA) is 158 Å². The van der Waals surface area contributed by atoms with Crippen molar-refractivity contribution >= 4 is 77.7 Å². The predicted molar refractivity (Wildman–Crippen MR) is 207 cm³/mol. The number of benzene rings is 2. The summed E-state index contributed by atoms with van der Waals surface area (Å²) in [4.78, 5) is -1.38. The highest BCUT2D eigenvalue weighted by molar-refractivity contribution is 7.92. The second-order valence-electron chi connectivity index (χ2n) is 13.5. The van der Waals surface area contributed by atoms with Crippen molar-refractivity contribution in [3.63, 3.8) is 0 Å². The molecular weight excluding hydrogens is 1020 g/mol. The minimum Gasteiger partial charge on any atom is -0.358 e. The monoisotopic (exact) mass is 1040 g/mol. The van der Waals surface area contributed by atoms with Crippen molar-refractivity contribution in [3.8, 4) is 23.5 Å². The van der Waals surface area contributed by atoms with Gasteiger partial charge in [0.2, 0.25) is 0 Å². The lowest BCUT2D eigenvalue weighted by atomic mass is 10.1. The molecule has 0 spiro atoms. The Morgan fingerprint density at radius 1 is 0.547 bits per heavy atom. The first-order chi connectivity index (χ1) is 29.2. The van der Waals surface area contributed by atoms with E-state index < -0.39 is 118 Å². The molecule has 0 bridgehead atoms. The van der Waals surface area contributed by atoms with E-state index in [1.165, 1.54) is 12.1 Å². The van der Waals surface area contributed by atoms with Crippen molar-refractivity contribution in [2.45, 2.75) is 71.7 Å². The van der Waals surface area contributed by atoms with Crippen LogP contribution in [0, 0.1) is 22.7 Å². The van der Waals surface area contributed by atoms with Crippen molar-refractivity contribution in [1.82, 2.24) is 19.6 Å². The van der Waals surface area contributed by atoms with Crippen LogP contribution in [0.15, 0.2) is 34.1 Å². The molecule has 4 aromatic rings. The Morgan fingerprint density at radius 3 is 1.05 bits per heavy atom. The first-order valence-corrected chi connectivity index (χ1v) is 22.0. The molecule has 2 heterocycles. The molecule has 0 saturated heterocycles. The first kappa shape index (κ1) is 52.3. The van der Waals surface area contributed by atoms with Crippen LogP contribution in [-0.2, 0) is 32.0 Å². The highest BCUT2D eigenvalue weighted by Crippen LogP contribution is 2.45. The lowest BCUT2D eigenvalue weighted by Crippen LogP contribution is -2.28. The minimum atomic E-state index is -6.34. The molecule has 0 atom stereocenters. The quantitative estimate of drug-likeness (QED) is 0.0829. The number of hydrogen-bond donors (Lipinski definition) is 0. The molecular formula is C34H26Cl4F12N8O4S2. The molecule has 0 fully saturated rings. The van der Waals surface area contributed by atoms with Gasteiger partial charge in [0, 0.05) is 27.2 Å². The molecule has 0 aliphatic heterocycles. The summed E-state index contributed by atoms with van der Waals surface area (Å²) >= 11 is 24.3. The Morgan fingerprint density at radius 2 is 0.812 bits per heavy atom. The lowest BCUT2D eigenvalue weighted by Gasteiger charge is -2.24. The van der Waals surface area contributed by atoms with E-state index in [9.17, 15) is 80.0 Å². The van der Waals surface area contributed by atoms with Crippen LogP contribution >= 0.6 is 46.4 Å². The van der Waals surface area contributed by atoms with E-state index in [4.69, 9.17) is 46.4 Å². The lowest BCUT2D eigenvalue weighted by molar-refractivity contribution is -0.138. The molecule has 4 rings (SSSR count). The van der Waals surface area contributed by atoms with Crippen LogP contribution in [0.1, 0.15) is 61.0 Å². The summed E-state index contributed by atoms with van der Waals surface area (Å²) in [5.41, 5.74) is -18.6. The van der Waals surface area contributed by atoms with Gasteiger partial charge in [0.05, 0.1) is 31.2 Å². The SMILES string of the molecule is CN(CCCCCCCCN(C)c1c(S(=O)(=O)C(F)(F)F)c(C#N)nn1-c1c(Cl)cc(C(F)(F)F)cc1Cl)c1c(S(=O)(=O)C(F)(F)F)c(C#N)nn1-c1c(Cl)cc(C(F)(F)F)cc1Cl. The third-order valence-electron chi connectivity index (χ3n) is 9.07. The summed E-state index contributed by atoms with van der Waals surface area (Å²) in [7, 11) is -10.5. The normalized spacial score (nSPS) is 12.9. The van der Waals surface area contributed by atoms with E-state index in [0.29, 0.717) is 46.5 Å². The van der Waals surface area contributed by atoms with Crippen LogP contribution in [-0.4, -0.2) is 74.6 Å². The minimum absolute atomic E-state index is 0.0902. The summed E-state index contributed by atoms with van der Waals surface area (Å²) < 4.78 is 216. The number of unbranched alkanes of at least 4 members (excludes halogenated alkanes) is 5. The molecule has 0 saturated carbocycles. The fourth-order valence-electron chi connectivity index (χ4n) is 6.12. The van der Waals surface area contributed by atoms with Crippen molar-refractivity contribution in [3.05, 3.63) is 66.9 Å². The van der Waals surface area contributed by atoms with Crippen LogP contribution in [0.4, 0.5) is 64.3 Å². The van der Waals surface area contributed by atoms with Gasteiger partial charge in [-0.3, -0.25) is 0 Å². The number of aromatic nitrogens is 4. The third-order valence-corrected chi connectivity index (χ3v) is 13.3. The van der Waals surface area contributed by atoms with E-state index >= 15 is 0 Å². The van der Waals surface area contributed by atoms with Gasteiger partial charge in [-0.25, -0.2) is 26.2 Å². The number of nitrogens with zero attached hydrogens (tertiary/aromatic N) is 8. The fraction of sp³-hybridized carbons (Fsp3) is 0.412. The fourth-order valence-corrected chi connectivity index (χ4v) is 9.53. The second-order valence-corrected chi connectivity index (χ2v) is 18.9. The number of rotatable bonds is 15. The highest BCUT2D eigenvalue weighted by Gasteiger charge is 2.53. The molecule has 12 nitrogen and oxygen atoms in total. The van der Waals surface area contributed by atoms with Crippen molar-refractivity contribution < 1.29 is 69.5 Å². The average molecular weight is 1040 g/mol. The van der Waals surface area contributed by atoms with E-state index in [-0.39, 0.29) is 38.8 Å². The zero-order chi connectivity index (χ0) is 48.7. The zero-order valence-electron chi connectivity index (χ0n) is 32.0. The molecule has 0 aliphatic carbocycles. The van der Waals surface area contributed by atoms with Gasteiger partial charge in [-0.05, 0) is 37.1 Å². The molecule has 350 valence electrons. The van der Waals surface area contributed by atoms with Gasteiger partial charge < -0.3 is 9.80 Å². The number of hydrogen-bond acceptors (Lipinski definition) is 10. The van der Waals surface area contributed by atoms with Gasteiger partial charge in [-0.2, -0.15) is 73.4 Å². The highest BCUT2D eigenvalue weighted by atomic mass is 35.5. The Kier molecular flexibility index (Phi) is 15.4. The molecule has 2 aromatic heterocycles. The number of halogens is 16. The van der Waals surface area contributed by atoms with Crippen molar-refractivity contribution in [2.75, 3.05) is 37.0 Å². The Labute approximate surface area is 374 Å². The summed E-state index contributed by atoms with van der Waals surface area (Å²) in [5.74, 6) is -1.82. The van der Waals surface area contributed by atoms with Crippen molar-refractivity contribution in [1.29, 1.82) is 10.5 Å². The van der Waals surface area contributed by atoms with Crippen LogP contribution in [0.3, 0.4) is 0 Å². The van der Waals surface area contributed by atoms with E-state index in [1.54, 1.807) is 0 Å². The molecule has 30 heteroatoms. The van der Waals surface area contributed by atoms with Crippen LogP contribution in [0.25, 0.3) is 11.4 Å². The van der Waals surface area contributed by atoms with Gasteiger partial charge >= 0.3 is 23.4 Å². The van der Waals surface area contributed by atoms with Gasteiger partial charge in [0.1, 0.15) is 23.5 Å². The Bertz CT molecular complexity index is 2510. The summed E-state index contributed by atoms with van der Waals surface area (Å²) in [6, 6.07) is 3.93. The van der Waals surface area contributed by atoms with E-state index in [2.05, 4.69) is 10.2 Å². The summed E-state index contributed by atoms with van der Waals surface area (Å²) in [5, 5.41) is 23.2. The molecule has 0 radical (unpaired) electrons. The molecule has 64 heavy (non-hydrogen) atoms. The largest absolute Gasteiger partial charge is 0.502 e. The number of nitriles is 2. The first-order valence-electron chi connectivity index (χ1n) is 17.5. The maximum absolute atomic E-state index is 13.9. The van der Waals surface area contributed by atoms with Crippen LogP contribution in [0.2, 0.25) is 20.1 Å². The van der Waals surface area contributed by atoms with Gasteiger partial charge in [-0.1, -0.05) is 72.1 Å². The maximum Gasteiger partial charge on any atom is 0.502 e. The summed E-state index contributed by atoms with van der Waals surface area (Å²) in [6.45, 7) is -0.515. The van der Waals surface area contributed by atoms with E-state index in [0.717, 1.165) is 23.9 Å². The molecule has 0 amide bonds. The average Bonchev–Trinajstić information content (AvgIpc) is 3.73. The third kappa shape index (κ3) is 10.5.